The van der Waals surface area contributed by atoms with Crippen LogP contribution in [0.1, 0.15) is 0 Å². The topological polar surface area (TPSA) is 91.6 Å². The van der Waals surface area contributed by atoms with Crippen LogP contribution in [0.25, 0.3) is 15.9 Å². The second-order valence-electron chi connectivity index (χ2n) is 6.74. The molecule has 0 saturated heterocycles. The summed E-state index contributed by atoms with van der Waals surface area (Å²) in [5.74, 6) is 0.706. The minimum absolute atomic E-state index is 0.128. The van der Waals surface area contributed by atoms with Crippen molar-refractivity contribution in [2.24, 2.45) is 0 Å². The first-order valence-electron chi connectivity index (χ1n) is 9.20. The van der Waals surface area contributed by atoms with Gasteiger partial charge in [0.1, 0.15) is 11.2 Å². The maximum absolute atomic E-state index is 13.2. The minimum Gasteiger partial charge on any atom is -0.454 e. The molecule has 8 nitrogen and oxygen atoms in total. The Morgan fingerprint density at radius 1 is 1.10 bits per heavy atom. The van der Waals surface area contributed by atoms with E-state index >= 15 is 0 Å². The largest absolute Gasteiger partial charge is 0.454 e. The van der Waals surface area contributed by atoms with Crippen LogP contribution >= 0.6 is 22.9 Å². The molecule has 1 aliphatic rings. The number of nitrogens with one attached hydrogen (secondary N) is 1. The Morgan fingerprint density at radius 3 is 2.77 bits per heavy atom. The fourth-order valence-corrected chi connectivity index (χ4v) is 4.41. The van der Waals surface area contributed by atoms with Gasteiger partial charge in [0.25, 0.3) is 5.56 Å². The first kappa shape index (κ1) is 19.4. The molecule has 3 heterocycles. The fourth-order valence-electron chi connectivity index (χ4n) is 3.40. The number of halogens is 1. The van der Waals surface area contributed by atoms with E-state index < -0.39 is 17.2 Å². The van der Waals surface area contributed by atoms with E-state index in [1.807, 2.05) is 0 Å². The molecule has 1 N–H and O–H groups in total. The zero-order chi connectivity index (χ0) is 21.5. The molecule has 2 aromatic heterocycles. The van der Waals surface area contributed by atoms with E-state index in [0.717, 1.165) is 4.57 Å². The van der Waals surface area contributed by atoms with E-state index in [0.29, 0.717) is 38.1 Å². The van der Waals surface area contributed by atoms with Crippen molar-refractivity contribution in [2.45, 2.75) is 6.54 Å². The van der Waals surface area contributed by atoms with Crippen LogP contribution in [0.15, 0.2) is 63.5 Å². The normalized spacial score (nSPS) is 12.3. The van der Waals surface area contributed by atoms with Gasteiger partial charge in [-0.05, 0) is 41.8 Å². The standard InChI is InChI=1S/C21H14ClN3O5S/c22-12-2-1-3-14(8-12)25-20(27)19-15(6-7-31-19)24(21(25)28)10-18(26)23-13-4-5-16-17(9-13)30-11-29-16/h1-9H,10-11H2,(H,23,26). The van der Waals surface area contributed by atoms with Gasteiger partial charge in [-0.25, -0.2) is 9.36 Å². The lowest BCUT2D eigenvalue weighted by Crippen LogP contribution is -2.40. The van der Waals surface area contributed by atoms with E-state index in [-0.39, 0.29) is 13.3 Å². The van der Waals surface area contributed by atoms with Crippen molar-refractivity contribution in [2.75, 3.05) is 12.1 Å². The molecular formula is C21H14ClN3O5S. The third-order valence-electron chi connectivity index (χ3n) is 4.78. The molecule has 2 aromatic carbocycles. The number of rotatable bonds is 4. The number of thiophene rings is 1. The first-order valence-corrected chi connectivity index (χ1v) is 10.5. The number of hydrogen-bond donors (Lipinski definition) is 1. The molecule has 10 heteroatoms. The molecule has 31 heavy (non-hydrogen) atoms. The number of benzene rings is 2. The van der Waals surface area contributed by atoms with Crippen molar-refractivity contribution in [3.63, 3.8) is 0 Å². The van der Waals surface area contributed by atoms with Crippen LogP contribution in [0.4, 0.5) is 5.69 Å². The van der Waals surface area contributed by atoms with Gasteiger partial charge in [-0.15, -0.1) is 11.3 Å². The molecule has 0 bridgehead atoms. The molecule has 4 aromatic rings. The second kappa shape index (κ2) is 7.60. The van der Waals surface area contributed by atoms with Crippen LogP contribution in [-0.4, -0.2) is 21.8 Å². The highest BCUT2D eigenvalue weighted by atomic mass is 35.5. The summed E-state index contributed by atoms with van der Waals surface area (Å²) in [6, 6.07) is 13.1. The summed E-state index contributed by atoms with van der Waals surface area (Å²) < 4.78 is 13.3. The lowest BCUT2D eigenvalue weighted by Gasteiger charge is -2.13. The van der Waals surface area contributed by atoms with Gasteiger partial charge in [-0.2, -0.15) is 0 Å². The maximum atomic E-state index is 13.2. The number of amides is 1. The van der Waals surface area contributed by atoms with Crippen LogP contribution in [0.3, 0.4) is 0 Å². The van der Waals surface area contributed by atoms with Crippen molar-refractivity contribution < 1.29 is 14.3 Å². The lowest BCUT2D eigenvalue weighted by atomic mass is 10.2. The SMILES string of the molecule is O=C(Cn1c(=O)n(-c2cccc(Cl)c2)c(=O)c2sccc21)Nc1ccc2c(c1)OCO2. The lowest BCUT2D eigenvalue weighted by molar-refractivity contribution is -0.116. The monoisotopic (exact) mass is 455 g/mol. The molecular weight excluding hydrogens is 442 g/mol. The quantitative estimate of drug-likeness (QED) is 0.510. The number of carbonyl (C=O) groups is 1. The third-order valence-corrected chi connectivity index (χ3v) is 5.91. The van der Waals surface area contributed by atoms with Gasteiger partial charge in [0.05, 0.1) is 11.2 Å². The minimum atomic E-state index is -0.626. The third kappa shape index (κ3) is 3.47. The van der Waals surface area contributed by atoms with E-state index in [1.54, 1.807) is 47.8 Å². The van der Waals surface area contributed by atoms with Crippen molar-refractivity contribution in [1.29, 1.82) is 0 Å². The summed E-state index contributed by atoms with van der Waals surface area (Å²) >= 11 is 7.25. The van der Waals surface area contributed by atoms with Crippen LogP contribution in [-0.2, 0) is 11.3 Å². The van der Waals surface area contributed by atoms with E-state index in [4.69, 9.17) is 21.1 Å². The van der Waals surface area contributed by atoms with Crippen molar-refractivity contribution in [3.8, 4) is 17.2 Å². The summed E-state index contributed by atoms with van der Waals surface area (Å²) in [5, 5.41) is 4.85. The predicted octanol–water partition coefficient (Wildman–Crippen LogP) is 3.23. The van der Waals surface area contributed by atoms with Gasteiger partial charge in [-0.1, -0.05) is 17.7 Å². The van der Waals surface area contributed by atoms with Gasteiger partial charge in [0.15, 0.2) is 11.5 Å². The Balaban J connectivity index is 1.54. The fraction of sp³-hybridized carbons (Fsp3) is 0.0952. The molecule has 0 saturated carbocycles. The molecule has 0 atom stereocenters. The van der Waals surface area contributed by atoms with Crippen molar-refractivity contribution in [1.82, 2.24) is 9.13 Å². The Kier molecular flexibility index (Phi) is 4.76. The summed E-state index contributed by atoms with van der Waals surface area (Å²) in [6.45, 7) is -0.148. The van der Waals surface area contributed by atoms with Crippen molar-refractivity contribution >= 4 is 44.7 Å². The summed E-state index contributed by atoms with van der Waals surface area (Å²) in [6.07, 6.45) is 0. The molecule has 0 spiro atoms. The zero-order valence-corrected chi connectivity index (χ0v) is 17.4. The molecule has 0 radical (unpaired) electrons. The Bertz CT molecular complexity index is 1460. The van der Waals surface area contributed by atoms with E-state index in [1.165, 1.54) is 22.0 Å². The summed E-state index contributed by atoms with van der Waals surface area (Å²) in [4.78, 5) is 38.9. The second-order valence-corrected chi connectivity index (χ2v) is 8.09. The number of hydrogen-bond acceptors (Lipinski definition) is 6. The van der Waals surface area contributed by atoms with Gasteiger partial charge in [0.2, 0.25) is 12.7 Å². The molecule has 0 unspecified atom stereocenters. The van der Waals surface area contributed by atoms with Crippen LogP contribution < -0.4 is 26.0 Å². The number of fused-ring (bicyclic) bond motifs is 2. The average Bonchev–Trinajstić information content (AvgIpc) is 3.41. The van der Waals surface area contributed by atoms with Crippen LogP contribution in [0.5, 0.6) is 11.5 Å². The number of anilines is 1. The smallest absolute Gasteiger partial charge is 0.336 e. The molecule has 0 aliphatic carbocycles. The molecule has 5 rings (SSSR count). The highest BCUT2D eigenvalue weighted by Crippen LogP contribution is 2.34. The first-order chi connectivity index (χ1) is 15.0. The number of ether oxygens (including phenoxy) is 2. The number of carbonyl (C=O) groups excluding carboxylic acids is 1. The summed E-state index contributed by atoms with van der Waals surface area (Å²) in [7, 11) is 0. The van der Waals surface area contributed by atoms with Crippen LogP contribution in [0.2, 0.25) is 5.02 Å². The van der Waals surface area contributed by atoms with Gasteiger partial charge < -0.3 is 14.8 Å². The Hall–Kier alpha value is -3.56. The van der Waals surface area contributed by atoms with Gasteiger partial charge in [0, 0.05) is 16.8 Å². The highest BCUT2D eigenvalue weighted by Gasteiger charge is 2.19. The molecule has 1 aliphatic heterocycles. The number of nitrogens with zero attached hydrogens (tertiary/aromatic N) is 2. The molecule has 1 amide bonds. The number of aromatic nitrogens is 2. The summed E-state index contributed by atoms with van der Waals surface area (Å²) in [5.41, 5.74) is 0.164. The van der Waals surface area contributed by atoms with E-state index in [9.17, 15) is 14.4 Å². The van der Waals surface area contributed by atoms with Gasteiger partial charge in [-0.3, -0.25) is 14.2 Å². The molecule has 156 valence electrons. The van der Waals surface area contributed by atoms with Crippen molar-refractivity contribution in [3.05, 3.63) is 79.8 Å². The predicted molar refractivity (Wildman–Crippen MR) is 118 cm³/mol. The maximum Gasteiger partial charge on any atom is 0.336 e. The zero-order valence-electron chi connectivity index (χ0n) is 15.8. The van der Waals surface area contributed by atoms with E-state index in [2.05, 4.69) is 5.32 Å². The van der Waals surface area contributed by atoms with Crippen LogP contribution in [0, 0.1) is 0 Å². The highest BCUT2D eigenvalue weighted by molar-refractivity contribution is 7.17. The van der Waals surface area contributed by atoms with Gasteiger partial charge >= 0.3 is 5.69 Å². The molecule has 0 fully saturated rings. The Morgan fingerprint density at radius 2 is 1.94 bits per heavy atom. The Labute approximate surface area is 183 Å². The average molecular weight is 456 g/mol.